The molecule has 0 unspecified atom stereocenters. The molecule has 0 atom stereocenters. The van der Waals surface area contributed by atoms with E-state index in [1.165, 1.54) is 24.3 Å². The van der Waals surface area contributed by atoms with Crippen molar-refractivity contribution in [3.8, 4) is 0 Å². The van der Waals surface area contributed by atoms with Crippen molar-refractivity contribution in [2.24, 2.45) is 5.41 Å². The van der Waals surface area contributed by atoms with Crippen molar-refractivity contribution >= 4 is 15.9 Å². The van der Waals surface area contributed by atoms with Crippen LogP contribution in [0.4, 0.5) is 0 Å². The Labute approximate surface area is 125 Å². The molecule has 0 heterocycles. The summed E-state index contributed by atoms with van der Waals surface area (Å²) in [7, 11) is -4.26. The third kappa shape index (κ3) is 4.52. The van der Waals surface area contributed by atoms with E-state index in [4.69, 9.17) is 4.55 Å². The molecule has 0 aromatic heterocycles. The first-order valence-electron chi connectivity index (χ1n) is 4.75. The molecule has 0 aliphatic heterocycles. The van der Waals surface area contributed by atoms with Crippen LogP contribution in [0.25, 0.3) is 0 Å². The maximum Gasteiger partial charge on any atom is 1.00 e. The zero-order valence-corrected chi connectivity index (χ0v) is 13.2. The summed E-state index contributed by atoms with van der Waals surface area (Å²) in [6.45, 7) is 5.24. The second kappa shape index (κ2) is 5.63. The van der Waals surface area contributed by atoms with E-state index < -0.39 is 15.5 Å². The van der Waals surface area contributed by atoms with Crippen molar-refractivity contribution in [2.45, 2.75) is 25.7 Å². The SMILES string of the molecule is CC(C)(C)C(=O)c1cccc(S(=O)(=O)O)c1.[H-].[Na+]. The minimum atomic E-state index is -4.26. The zero-order valence-electron chi connectivity index (χ0n) is 11.4. The van der Waals surface area contributed by atoms with Crippen LogP contribution in [0, 0.1) is 5.41 Å². The van der Waals surface area contributed by atoms with E-state index in [1.807, 2.05) is 0 Å². The predicted molar refractivity (Wildman–Crippen MR) is 61.2 cm³/mol. The van der Waals surface area contributed by atoms with Crippen LogP contribution in [0.15, 0.2) is 29.2 Å². The van der Waals surface area contributed by atoms with Gasteiger partial charge in [-0.2, -0.15) is 8.42 Å². The molecule has 6 heteroatoms. The summed E-state index contributed by atoms with van der Waals surface area (Å²) in [6.07, 6.45) is 0. The van der Waals surface area contributed by atoms with Gasteiger partial charge in [-0.3, -0.25) is 9.35 Å². The molecule has 0 fully saturated rings. The number of Topliss-reactive ketones (excluding diaryl/α,β-unsaturated/α-hetero) is 1. The van der Waals surface area contributed by atoms with Crippen molar-refractivity contribution < 1.29 is 48.7 Å². The Morgan fingerprint density at radius 2 is 1.82 bits per heavy atom. The molecule has 0 saturated heterocycles. The van der Waals surface area contributed by atoms with Gasteiger partial charge in [0.2, 0.25) is 0 Å². The van der Waals surface area contributed by atoms with E-state index in [0.29, 0.717) is 0 Å². The normalized spacial score (nSPS) is 11.8. The Hall–Kier alpha value is -0.200. The summed E-state index contributed by atoms with van der Waals surface area (Å²) in [5.41, 5.74) is -0.305. The number of carbonyl (C=O) groups is 1. The standard InChI is InChI=1S/C11H14O4S.Na.H/c1-11(2,3)10(12)8-5-4-6-9(7-8)16(13,14)15;;/h4-7H,1-3H3,(H,13,14,15);;/q;+1;-1. The fourth-order valence-electron chi connectivity index (χ4n) is 1.23. The summed E-state index contributed by atoms with van der Waals surface area (Å²) in [5, 5.41) is 0. The summed E-state index contributed by atoms with van der Waals surface area (Å²) in [4.78, 5) is 11.6. The first-order valence-corrected chi connectivity index (χ1v) is 6.19. The maximum absolute atomic E-state index is 11.9. The molecular weight excluding hydrogens is 251 g/mol. The number of ketones is 1. The number of hydrogen-bond donors (Lipinski definition) is 1. The molecule has 1 N–H and O–H groups in total. The van der Waals surface area contributed by atoms with Crippen LogP contribution in [0.1, 0.15) is 32.6 Å². The van der Waals surface area contributed by atoms with Crippen LogP contribution in [0.3, 0.4) is 0 Å². The van der Waals surface area contributed by atoms with Crippen molar-refractivity contribution in [3.05, 3.63) is 29.8 Å². The van der Waals surface area contributed by atoms with Gasteiger partial charge in [-0.25, -0.2) is 0 Å². The molecule has 1 aromatic rings. The maximum atomic E-state index is 11.9. The van der Waals surface area contributed by atoms with Gasteiger partial charge in [0.25, 0.3) is 10.1 Å². The summed E-state index contributed by atoms with van der Waals surface area (Å²) in [6, 6.07) is 5.39. The van der Waals surface area contributed by atoms with Gasteiger partial charge in [0.1, 0.15) is 0 Å². The predicted octanol–water partition coefficient (Wildman–Crippen LogP) is -0.721. The molecule has 0 bridgehead atoms. The van der Waals surface area contributed by atoms with Gasteiger partial charge >= 0.3 is 29.6 Å². The van der Waals surface area contributed by atoms with Crippen molar-refractivity contribution in [1.82, 2.24) is 0 Å². The van der Waals surface area contributed by atoms with Gasteiger partial charge < -0.3 is 1.43 Å². The number of rotatable bonds is 2. The molecule has 0 aliphatic carbocycles. The molecule has 1 rings (SSSR count). The van der Waals surface area contributed by atoms with Crippen LogP contribution in [-0.4, -0.2) is 18.8 Å². The molecule has 90 valence electrons. The third-order valence-electron chi connectivity index (χ3n) is 2.08. The van der Waals surface area contributed by atoms with E-state index in [-0.39, 0.29) is 47.2 Å². The monoisotopic (exact) mass is 266 g/mol. The fraction of sp³-hybridized carbons (Fsp3) is 0.364. The molecule has 0 spiro atoms. The van der Waals surface area contributed by atoms with E-state index in [9.17, 15) is 13.2 Å². The van der Waals surface area contributed by atoms with E-state index in [1.54, 1.807) is 20.8 Å². The van der Waals surface area contributed by atoms with Crippen molar-refractivity contribution in [1.29, 1.82) is 0 Å². The Kier molecular flexibility index (Phi) is 5.56. The van der Waals surface area contributed by atoms with E-state index in [2.05, 4.69) is 0 Å². The molecule has 4 nitrogen and oxygen atoms in total. The van der Waals surface area contributed by atoms with Gasteiger partial charge in [0, 0.05) is 11.0 Å². The smallest absolute Gasteiger partial charge is 1.00 e. The second-order valence-electron chi connectivity index (χ2n) is 4.58. The number of benzene rings is 1. The average molecular weight is 266 g/mol. The van der Waals surface area contributed by atoms with Gasteiger partial charge in [-0.05, 0) is 12.1 Å². The number of hydrogen-bond acceptors (Lipinski definition) is 3. The van der Waals surface area contributed by atoms with E-state index in [0.717, 1.165) is 0 Å². The summed E-state index contributed by atoms with van der Waals surface area (Å²) in [5.74, 6) is -0.169. The topological polar surface area (TPSA) is 71.4 Å². The minimum absolute atomic E-state index is 0. The average Bonchev–Trinajstić information content (AvgIpc) is 2.14. The molecule has 0 aliphatic rings. The zero-order chi connectivity index (χ0) is 12.6. The molecule has 1 aromatic carbocycles. The minimum Gasteiger partial charge on any atom is -1.00 e. The molecule has 0 amide bonds. The Bertz CT molecular complexity index is 520. The first kappa shape index (κ1) is 16.8. The quantitative estimate of drug-likeness (QED) is 0.435. The largest absolute Gasteiger partial charge is 1.00 e. The summed E-state index contributed by atoms with van der Waals surface area (Å²) >= 11 is 0. The first-order chi connectivity index (χ1) is 7.12. The van der Waals surface area contributed by atoms with Crippen LogP contribution < -0.4 is 29.6 Å². The number of carbonyl (C=O) groups excluding carboxylic acids is 1. The van der Waals surface area contributed by atoms with Gasteiger partial charge in [0.05, 0.1) is 4.90 Å². The van der Waals surface area contributed by atoms with E-state index >= 15 is 0 Å². The molecular formula is C11H15NaO4S. The Morgan fingerprint density at radius 1 is 1.29 bits per heavy atom. The molecule has 0 radical (unpaired) electrons. The van der Waals surface area contributed by atoms with Crippen LogP contribution in [0.5, 0.6) is 0 Å². The second-order valence-corrected chi connectivity index (χ2v) is 6.00. The Balaban J connectivity index is 0. The molecule has 0 saturated carbocycles. The third-order valence-corrected chi connectivity index (χ3v) is 2.92. The fourth-order valence-corrected chi connectivity index (χ4v) is 1.76. The van der Waals surface area contributed by atoms with Crippen molar-refractivity contribution in [3.63, 3.8) is 0 Å². The van der Waals surface area contributed by atoms with Crippen LogP contribution in [-0.2, 0) is 10.1 Å². The van der Waals surface area contributed by atoms with Crippen LogP contribution >= 0.6 is 0 Å². The van der Waals surface area contributed by atoms with Gasteiger partial charge in [0.15, 0.2) is 5.78 Å². The van der Waals surface area contributed by atoms with Gasteiger partial charge in [-0.1, -0.05) is 32.9 Å². The summed E-state index contributed by atoms with van der Waals surface area (Å²) < 4.78 is 30.7. The van der Waals surface area contributed by atoms with Crippen molar-refractivity contribution in [2.75, 3.05) is 0 Å². The Morgan fingerprint density at radius 3 is 2.24 bits per heavy atom. The van der Waals surface area contributed by atoms with Crippen LogP contribution in [0.2, 0.25) is 0 Å². The van der Waals surface area contributed by atoms with Gasteiger partial charge in [-0.15, -0.1) is 0 Å². The molecule has 17 heavy (non-hydrogen) atoms.